The van der Waals surface area contributed by atoms with Crippen LogP contribution in [0, 0.1) is 10.1 Å². The Morgan fingerprint density at radius 2 is 1.93 bits per heavy atom. The Balaban J connectivity index is 1.48. The van der Waals surface area contributed by atoms with E-state index in [1.807, 2.05) is 24.4 Å². The molecule has 0 amide bonds. The number of hydrogen-bond donors (Lipinski definition) is 0. The lowest BCUT2D eigenvalue weighted by atomic mass is 9.99. The van der Waals surface area contributed by atoms with Gasteiger partial charge in [-0.2, -0.15) is 0 Å². The van der Waals surface area contributed by atoms with Crippen molar-refractivity contribution in [3.63, 3.8) is 0 Å². The molecule has 0 spiro atoms. The maximum atomic E-state index is 11.6. The summed E-state index contributed by atoms with van der Waals surface area (Å²) in [4.78, 5) is 18.8. The Labute approximate surface area is 172 Å². The predicted molar refractivity (Wildman–Crippen MR) is 112 cm³/mol. The molecular weight excluding hydrogens is 410 g/mol. The quantitative estimate of drug-likeness (QED) is 0.454. The molecule has 0 aliphatic carbocycles. The van der Waals surface area contributed by atoms with Crippen molar-refractivity contribution >= 4 is 32.0 Å². The smallest absolute Gasteiger partial charge is 0.269 e. The van der Waals surface area contributed by atoms with Gasteiger partial charge in [0, 0.05) is 49.0 Å². The number of non-ortho nitro benzene ring substituents is 1. The Kier molecular flexibility index (Phi) is 5.10. The highest BCUT2D eigenvalue weighted by molar-refractivity contribution is 7.90. The number of nitrogens with zero attached hydrogens (tertiary/aromatic N) is 3. The Bertz CT molecular complexity index is 1170. The van der Waals surface area contributed by atoms with Gasteiger partial charge in [-0.1, -0.05) is 18.2 Å². The van der Waals surface area contributed by atoms with E-state index in [2.05, 4.69) is 9.88 Å². The highest BCUT2D eigenvalue weighted by Gasteiger charge is 2.21. The molecule has 0 unspecified atom stereocenters. The Morgan fingerprint density at radius 3 is 2.62 bits per heavy atom. The highest BCUT2D eigenvalue weighted by Crippen LogP contribution is 2.31. The molecule has 1 aliphatic rings. The van der Waals surface area contributed by atoms with Crippen molar-refractivity contribution < 1.29 is 13.3 Å². The molecule has 0 radical (unpaired) electrons. The van der Waals surface area contributed by atoms with E-state index >= 15 is 0 Å². The third-order valence-electron chi connectivity index (χ3n) is 4.95. The van der Waals surface area contributed by atoms with Crippen molar-refractivity contribution in [1.29, 1.82) is 0 Å². The van der Waals surface area contributed by atoms with Gasteiger partial charge in [0.1, 0.15) is 0 Å². The summed E-state index contributed by atoms with van der Waals surface area (Å²) < 4.78 is 23.2. The number of hydrogen-bond acceptors (Lipinski definition) is 7. The first-order chi connectivity index (χ1) is 13.8. The van der Waals surface area contributed by atoms with Crippen LogP contribution in [-0.4, -0.2) is 31.1 Å². The van der Waals surface area contributed by atoms with E-state index in [1.165, 1.54) is 6.26 Å². The van der Waals surface area contributed by atoms with Crippen LogP contribution in [0.15, 0.2) is 53.6 Å². The first-order valence-corrected chi connectivity index (χ1v) is 11.8. The molecule has 9 heteroatoms. The average Bonchev–Trinajstić information content (AvgIpc) is 3.15. The second-order valence-electron chi connectivity index (χ2n) is 7.08. The van der Waals surface area contributed by atoms with Crippen molar-refractivity contribution in [2.75, 3.05) is 17.7 Å². The molecule has 29 heavy (non-hydrogen) atoms. The van der Waals surface area contributed by atoms with Crippen molar-refractivity contribution in [2.24, 2.45) is 0 Å². The Morgan fingerprint density at radius 1 is 1.17 bits per heavy atom. The molecular formula is C20H19N3O4S2. The maximum Gasteiger partial charge on any atom is 0.269 e. The molecule has 0 saturated heterocycles. The number of fused-ring (bicyclic) bond motifs is 1. The molecule has 7 nitrogen and oxygen atoms in total. The number of benzene rings is 2. The number of nitro groups is 1. The third-order valence-corrected chi connectivity index (χ3v) is 7.14. The van der Waals surface area contributed by atoms with E-state index in [-0.39, 0.29) is 10.6 Å². The molecule has 0 fully saturated rings. The van der Waals surface area contributed by atoms with Crippen LogP contribution in [0.1, 0.15) is 21.6 Å². The van der Waals surface area contributed by atoms with Crippen molar-refractivity contribution in [1.82, 2.24) is 4.98 Å². The van der Waals surface area contributed by atoms with Gasteiger partial charge in [0.2, 0.25) is 0 Å². The lowest BCUT2D eigenvalue weighted by molar-refractivity contribution is -0.384. The van der Waals surface area contributed by atoms with Crippen LogP contribution in [0.25, 0.3) is 0 Å². The molecule has 1 aliphatic heterocycles. The van der Waals surface area contributed by atoms with E-state index in [4.69, 9.17) is 0 Å². The topological polar surface area (TPSA) is 93.4 Å². The number of anilines is 1. The van der Waals surface area contributed by atoms with Crippen LogP contribution in [-0.2, 0) is 29.2 Å². The van der Waals surface area contributed by atoms with Crippen molar-refractivity contribution in [3.05, 3.63) is 80.3 Å². The van der Waals surface area contributed by atoms with Gasteiger partial charge in [0.25, 0.3) is 5.69 Å². The van der Waals surface area contributed by atoms with Crippen LogP contribution in [0.2, 0.25) is 0 Å². The zero-order valence-electron chi connectivity index (χ0n) is 15.7. The SMILES string of the molecule is CS(=O)(=O)c1ccc(Cc2cnc(N3CCc4ccc([N+](=O)[O-])cc4C3)s2)cc1. The van der Waals surface area contributed by atoms with E-state index < -0.39 is 9.84 Å². The second-order valence-corrected chi connectivity index (χ2v) is 10.2. The lowest BCUT2D eigenvalue weighted by Crippen LogP contribution is -2.30. The number of rotatable bonds is 5. The average molecular weight is 430 g/mol. The van der Waals surface area contributed by atoms with Crippen molar-refractivity contribution in [2.45, 2.75) is 24.3 Å². The molecule has 2 heterocycles. The number of sulfone groups is 1. The molecule has 0 N–H and O–H groups in total. The van der Waals surface area contributed by atoms with E-state index in [0.29, 0.717) is 17.9 Å². The van der Waals surface area contributed by atoms with Crippen LogP contribution >= 0.6 is 11.3 Å². The van der Waals surface area contributed by atoms with Gasteiger partial charge in [-0.05, 0) is 35.2 Å². The minimum atomic E-state index is -3.19. The fraction of sp³-hybridized carbons (Fsp3) is 0.250. The standard InChI is InChI=1S/C20H19N3O4S2/c1-29(26,27)19-6-2-14(3-7-19)10-18-12-21-20(28-18)22-9-8-15-4-5-17(23(24)25)11-16(15)13-22/h2-7,11-12H,8-10,13H2,1H3. The molecule has 1 aromatic heterocycles. The van der Waals surface area contributed by atoms with Gasteiger partial charge in [0.05, 0.1) is 9.82 Å². The summed E-state index contributed by atoms with van der Waals surface area (Å²) in [6.07, 6.45) is 4.54. The molecule has 4 rings (SSSR count). The normalized spacial score (nSPS) is 13.9. The van der Waals surface area contributed by atoms with Gasteiger partial charge in [0.15, 0.2) is 15.0 Å². The van der Waals surface area contributed by atoms with Gasteiger partial charge in [-0.15, -0.1) is 11.3 Å². The van der Waals surface area contributed by atoms with Gasteiger partial charge >= 0.3 is 0 Å². The first kappa shape index (κ1) is 19.5. The third kappa shape index (κ3) is 4.30. The number of nitro benzene ring substituents is 1. The fourth-order valence-electron chi connectivity index (χ4n) is 3.40. The summed E-state index contributed by atoms with van der Waals surface area (Å²) in [5.41, 5.74) is 3.25. The van der Waals surface area contributed by atoms with Gasteiger partial charge < -0.3 is 4.90 Å². The summed E-state index contributed by atoms with van der Waals surface area (Å²) in [5, 5.41) is 11.9. The summed E-state index contributed by atoms with van der Waals surface area (Å²) in [6, 6.07) is 12.0. The van der Waals surface area contributed by atoms with E-state index in [1.54, 1.807) is 35.6 Å². The van der Waals surface area contributed by atoms with Crippen LogP contribution in [0.3, 0.4) is 0 Å². The van der Waals surface area contributed by atoms with Gasteiger partial charge in [-0.25, -0.2) is 13.4 Å². The molecule has 2 aromatic carbocycles. The molecule has 3 aromatic rings. The number of thiazole rings is 1. The summed E-state index contributed by atoms with van der Waals surface area (Å²) >= 11 is 1.59. The Hall–Kier alpha value is -2.78. The molecule has 0 atom stereocenters. The molecule has 0 bridgehead atoms. The zero-order chi connectivity index (χ0) is 20.6. The maximum absolute atomic E-state index is 11.6. The summed E-state index contributed by atoms with van der Waals surface area (Å²) in [7, 11) is -3.19. The van der Waals surface area contributed by atoms with Crippen LogP contribution < -0.4 is 4.90 Å². The van der Waals surface area contributed by atoms with Gasteiger partial charge in [-0.3, -0.25) is 10.1 Å². The van der Waals surface area contributed by atoms with Crippen molar-refractivity contribution in [3.8, 4) is 0 Å². The minimum absolute atomic E-state index is 0.114. The predicted octanol–water partition coefficient (Wildman–Crippen LogP) is 3.61. The number of aromatic nitrogens is 1. The fourth-order valence-corrected chi connectivity index (χ4v) is 5.00. The van der Waals surface area contributed by atoms with Crippen LogP contribution in [0.5, 0.6) is 0 Å². The second kappa shape index (κ2) is 7.57. The van der Waals surface area contributed by atoms with E-state index in [0.717, 1.165) is 39.7 Å². The van der Waals surface area contributed by atoms with Crippen LogP contribution in [0.4, 0.5) is 10.8 Å². The summed E-state index contributed by atoms with van der Waals surface area (Å²) in [5.74, 6) is 0. The minimum Gasteiger partial charge on any atom is -0.343 e. The highest BCUT2D eigenvalue weighted by atomic mass is 32.2. The monoisotopic (exact) mass is 429 g/mol. The largest absolute Gasteiger partial charge is 0.343 e. The zero-order valence-corrected chi connectivity index (χ0v) is 17.4. The molecule has 150 valence electrons. The summed E-state index contributed by atoms with van der Waals surface area (Å²) in [6.45, 7) is 1.42. The first-order valence-electron chi connectivity index (χ1n) is 9.04. The van der Waals surface area contributed by atoms with E-state index in [9.17, 15) is 18.5 Å². The lowest BCUT2D eigenvalue weighted by Gasteiger charge is -2.28. The molecule has 0 saturated carbocycles.